The van der Waals surface area contributed by atoms with Crippen molar-refractivity contribution in [2.45, 2.75) is 245 Å². The molecule has 2 aromatic heterocycles. The minimum atomic E-state index is -2.12. The number of aryl methyl sites for hydroxylation is 1. The van der Waals surface area contributed by atoms with Crippen LogP contribution in [0.4, 0.5) is 0 Å². The number of phenols is 1. The van der Waals surface area contributed by atoms with Crippen LogP contribution < -0.4 is 113 Å². The van der Waals surface area contributed by atoms with E-state index in [-0.39, 0.29) is 103 Å². The molecule has 6 aromatic rings. The zero-order valence-corrected chi connectivity index (χ0v) is 84.3. The number of thiol groups is 2. The van der Waals surface area contributed by atoms with Gasteiger partial charge in [0.1, 0.15) is 96.1 Å². The Morgan fingerprint density at radius 1 is 0.541 bits per heavy atom. The maximum absolute atomic E-state index is 15.9. The van der Waals surface area contributed by atoms with Crippen molar-refractivity contribution >= 4 is 165 Å². The first-order valence-corrected chi connectivity index (χ1v) is 48.0. The van der Waals surface area contributed by atoms with E-state index in [1.807, 2.05) is 0 Å². The quantitative estimate of drug-likeness (QED) is 0.00744. The van der Waals surface area contributed by atoms with Gasteiger partial charge in [-0.05, 0) is 149 Å². The van der Waals surface area contributed by atoms with Crippen LogP contribution in [-0.2, 0) is 122 Å². The van der Waals surface area contributed by atoms with Crippen molar-refractivity contribution in [1.29, 1.82) is 5.41 Å². The van der Waals surface area contributed by atoms with Crippen molar-refractivity contribution in [1.82, 2.24) is 94.6 Å². The number of H-pyrrole nitrogens is 1. The van der Waals surface area contributed by atoms with E-state index < -0.39 is 257 Å². The number of aliphatic hydroxyl groups is 1. The molecule has 4 aromatic carbocycles. The molecule has 13 atom stereocenters. The van der Waals surface area contributed by atoms with E-state index in [1.54, 1.807) is 92.0 Å². The Morgan fingerprint density at radius 3 is 1.61 bits per heavy atom. The van der Waals surface area contributed by atoms with Crippen LogP contribution in [-0.4, -0.2) is 295 Å². The number of nitrogens with one attached hydrogen (secondary N) is 17. The number of para-hydroxylation sites is 1. The Bertz CT molecular complexity index is 5680. The standard InChI is InChI=1S/C96H134N24O24S2/c1-50-15-12-17-62-59(48-106-76(50)62)44-68(111-88(138)77(51(2)121)116-86(136)70(46-73(99)126)113-90(140)79(95(7,8)146)117-81(131)63(107-53(4)123)19-14-35-105-93(101)102)84(134)108-64(18-10-11-34-104-52(3)122)82(132)118-78(94(5,6)145)89(139)112-66(40-54-21-26-61(27-22-54)144-38-32-97)83(133)109-67(41-55-20-23-58-43-60(124)25-24-57(58)39-55)87(137)119-96(30-36-143-37-31-96)92(142)115-65(28-29-75(128)129)80(130)110-69(45-72(98)125)85(135)114-71(42-56-16-13-33-103-47-56)91(141)120(9)49-74(100)127/h12-13,15-17,20-27,33,39,43,47-48,51,63-71,77-79,106,121,124,145-146H,10-11,14,18-19,28-32,34-38,40-42,44-46,49,97H2,1-9H3,(H2,98,125)(H2,99,126)(H2,100,127)(H,104,122)(H,107,123)(H,108,134)(H,109,133)(H,110,130)(H,111,138)(H,112,139)(H,113,140)(H,114,135)(H,115,142)(H,116,136)(H,117,131)(H,118,132)(H,119,137)(H,128,129)(H4,101,102,105)/t51-,63?,64+,65+,66+,67+,68+,69+,70+,71+,77+,78-,79-/m1/s1. The second-order valence-electron chi connectivity index (χ2n) is 36.8. The molecule has 0 saturated carbocycles. The lowest BCUT2D eigenvalue weighted by atomic mass is 9.87. The Kier molecular flexibility index (Phi) is 45.2. The largest absolute Gasteiger partial charge is 0.508 e. The van der Waals surface area contributed by atoms with Crippen LogP contribution in [0.1, 0.15) is 147 Å². The van der Waals surface area contributed by atoms with Crippen molar-refractivity contribution in [3.05, 3.63) is 137 Å². The lowest BCUT2D eigenvalue weighted by molar-refractivity contribution is -0.142. The van der Waals surface area contributed by atoms with Gasteiger partial charge in [-0.25, -0.2) is 0 Å². The average molecular weight is 2070 g/mol. The summed E-state index contributed by atoms with van der Waals surface area (Å²) in [6.45, 7) is 10.3. The molecule has 3 heterocycles. The number of carboxylic acid groups (broad SMARTS) is 1. The predicted octanol–water partition coefficient (Wildman–Crippen LogP) is -4.23. The number of pyridine rings is 1. The van der Waals surface area contributed by atoms with Crippen molar-refractivity contribution in [3.63, 3.8) is 0 Å². The normalized spacial score (nSPS) is 15.0. The van der Waals surface area contributed by atoms with Crippen LogP contribution in [0, 0.1) is 12.3 Å². The number of benzene rings is 4. The molecule has 0 spiro atoms. The number of aromatic nitrogens is 2. The number of guanidine groups is 1. The van der Waals surface area contributed by atoms with E-state index in [4.69, 9.17) is 56.2 Å². The molecular weight excluding hydrogens is 1940 g/mol. The molecule has 794 valence electrons. The number of aliphatic carboxylic acids is 1. The summed E-state index contributed by atoms with van der Waals surface area (Å²) in [5.74, 6) is -20.2. The Hall–Kier alpha value is -14.8. The van der Waals surface area contributed by atoms with Gasteiger partial charge in [0.15, 0.2) is 5.96 Å². The van der Waals surface area contributed by atoms with E-state index in [2.05, 4.69) is 102 Å². The van der Waals surface area contributed by atoms with Crippen LogP contribution in [0.3, 0.4) is 0 Å². The van der Waals surface area contributed by atoms with Crippen molar-refractivity contribution < 1.29 is 116 Å². The average Bonchev–Trinajstić information content (AvgIpc) is 1.19. The Labute approximate surface area is 852 Å². The summed E-state index contributed by atoms with van der Waals surface area (Å²) >= 11 is 9.36. The van der Waals surface area contributed by atoms with Crippen LogP contribution >= 0.6 is 25.3 Å². The third-order valence-electron chi connectivity index (χ3n) is 23.6. The molecule has 18 amide bonds. The van der Waals surface area contributed by atoms with Crippen LogP contribution in [0.15, 0.2) is 110 Å². The number of amides is 18. The number of ether oxygens (including phenoxy) is 2. The molecule has 0 radical (unpaired) electrons. The molecule has 1 fully saturated rings. The highest BCUT2D eigenvalue weighted by Gasteiger charge is 2.47. The summed E-state index contributed by atoms with van der Waals surface area (Å²) in [5.41, 5.74) is 28.6. The van der Waals surface area contributed by atoms with Gasteiger partial charge in [-0.2, -0.15) is 25.3 Å². The number of carbonyl (C=O) groups is 19. The number of carbonyl (C=O) groups excluding carboxylic acids is 18. The fraction of sp³-hybridized carbons (Fsp3) is 0.490. The molecular formula is C96H134N24O24S2. The number of aliphatic hydroxyl groups excluding tert-OH is 1. The van der Waals surface area contributed by atoms with E-state index in [1.165, 1.54) is 66.2 Å². The molecule has 50 heteroatoms. The highest BCUT2D eigenvalue weighted by atomic mass is 32.1. The number of phenolic OH excluding ortho intramolecular Hbond substituents is 1. The fourth-order valence-corrected chi connectivity index (χ4v) is 16.3. The monoisotopic (exact) mass is 2070 g/mol. The number of nitrogens with zero attached hydrogens (tertiary/aromatic N) is 2. The molecule has 48 nitrogen and oxygen atoms in total. The minimum absolute atomic E-state index is 0.0232. The highest BCUT2D eigenvalue weighted by Crippen LogP contribution is 2.29. The van der Waals surface area contributed by atoms with Gasteiger partial charge >= 0.3 is 5.97 Å². The van der Waals surface area contributed by atoms with E-state index >= 15 is 33.6 Å². The molecule has 0 bridgehead atoms. The molecule has 1 aliphatic rings. The molecule has 1 unspecified atom stereocenters. The third-order valence-corrected chi connectivity index (χ3v) is 24.1. The van der Waals surface area contributed by atoms with Gasteiger partial charge in [-0.1, -0.05) is 60.7 Å². The van der Waals surface area contributed by atoms with Crippen LogP contribution in [0.5, 0.6) is 11.5 Å². The number of carboxylic acids is 1. The number of primary amides is 3. The molecule has 30 N–H and O–H groups in total. The lowest BCUT2D eigenvalue weighted by Gasteiger charge is -2.38. The first-order valence-electron chi connectivity index (χ1n) is 47.1. The highest BCUT2D eigenvalue weighted by molar-refractivity contribution is 7.82. The number of nitrogens with two attached hydrogens (primary N) is 5. The lowest BCUT2D eigenvalue weighted by Crippen LogP contribution is -2.67. The molecule has 1 saturated heterocycles. The summed E-state index contributed by atoms with van der Waals surface area (Å²) in [5, 5.41) is 79.7. The number of aromatic hydroxyl groups is 1. The second-order valence-corrected chi connectivity index (χ2v) is 39.1. The summed E-state index contributed by atoms with van der Waals surface area (Å²) in [7, 11) is 1.23. The van der Waals surface area contributed by atoms with Crippen molar-refractivity contribution in [3.8, 4) is 11.5 Å². The Morgan fingerprint density at radius 2 is 1.04 bits per heavy atom. The SMILES string of the molecule is CC(=O)NCCCC[C@H](NC(=O)[C@H](Cc1c[nH]c2c(C)cccc12)NC(=O)[C@@H](NC(=O)[C@H](CC(N)=O)NC(=O)[C@@H](NC(=O)C(CCCNC(=N)N)NC(C)=O)C(C)(C)S)[C@@H](C)O)C(=O)N[C@H](C(=O)N[C@@H](Cc1ccc(OCCN)cc1)C(=O)N[C@@H](Cc1ccc2cc(O)ccc2c1)C(=O)NC1(C(=O)N[C@@H](CCC(=O)O)C(=O)N[C@@H](CC(N)=O)C(=O)N[C@@H](Cc2cccnc2)C(=O)N(C)CC(N)=O)CCOCC1)C(C)(C)S. The van der Waals surface area contributed by atoms with Crippen molar-refractivity contribution in [2.24, 2.45) is 28.7 Å². The summed E-state index contributed by atoms with van der Waals surface area (Å²) < 4.78 is 8.33. The van der Waals surface area contributed by atoms with Gasteiger partial charge in [0.05, 0.1) is 25.5 Å². The van der Waals surface area contributed by atoms with Crippen LogP contribution in [0.25, 0.3) is 21.7 Å². The van der Waals surface area contributed by atoms with E-state index in [0.29, 0.717) is 49.7 Å². The Balaban J connectivity index is 1.24. The number of unbranched alkanes of at least 4 members (excludes halogenated alkanes) is 1. The first kappa shape index (κ1) is 118. The third kappa shape index (κ3) is 37.7. The second kappa shape index (κ2) is 55.9. The van der Waals surface area contributed by atoms with Gasteiger partial charge in [-0.15, -0.1) is 0 Å². The van der Waals surface area contributed by atoms with Gasteiger partial charge in [0.2, 0.25) is 106 Å². The molecule has 1 aliphatic heterocycles. The van der Waals surface area contributed by atoms with Crippen LogP contribution in [0.2, 0.25) is 0 Å². The number of likely N-dealkylation sites (N-methyl/N-ethyl adjacent to an activating group) is 1. The smallest absolute Gasteiger partial charge is 0.303 e. The minimum Gasteiger partial charge on any atom is -0.508 e. The van der Waals surface area contributed by atoms with E-state index in [9.17, 15) is 72.9 Å². The number of aromatic amines is 1. The maximum Gasteiger partial charge on any atom is 0.303 e. The maximum atomic E-state index is 15.9. The van der Waals surface area contributed by atoms with Gasteiger partial charge < -0.3 is 143 Å². The number of fused-ring (bicyclic) bond motifs is 2. The molecule has 0 aliphatic carbocycles. The number of rotatable bonds is 58. The molecule has 7 rings (SSSR count). The molecule has 146 heavy (non-hydrogen) atoms. The summed E-state index contributed by atoms with van der Waals surface area (Å²) in [4.78, 5) is 277. The summed E-state index contributed by atoms with van der Waals surface area (Å²) in [6.07, 6.45) is -2.94. The van der Waals surface area contributed by atoms with Gasteiger partial charge in [0, 0.05) is 138 Å². The topological polar surface area (TPSA) is 770 Å². The zero-order valence-electron chi connectivity index (χ0n) is 82.5. The summed E-state index contributed by atoms with van der Waals surface area (Å²) in [6, 6.07) is 2.78. The predicted molar refractivity (Wildman–Crippen MR) is 539 cm³/mol. The van der Waals surface area contributed by atoms with Gasteiger partial charge in [0.25, 0.3) is 0 Å². The van der Waals surface area contributed by atoms with Crippen molar-refractivity contribution in [2.75, 3.05) is 53.0 Å². The number of hydrogen-bond acceptors (Lipinski definition) is 28. The van der Waals surface area contributed by atoms with Gasteiger partial charge in [-0.3, -0.25) is 101 Å². The number of hydrogen-bond donors (Lipinski definition) is 27. The first-order chi connectivity index (χ1) is 68.7. The fourth-order valence-electron chi connectivity index (χ4n) is 16.0. The van der Waals surface area contributed by atoms with E-state index in [0.717, 1.165) is 24.3 Å². The zero-order chi connectivity index (χ0) is 108.